The molecule has 108 valence electrons. The summed E-state index contributed by atoms with van der Waals surface area (Å²) in [5.41, 5.74) is 0.982. The molecule has 2 rings (SSSR count). The zero-order valence-electron chi connectivity index (χ0n) is 10.7. The van der Waals surface area contributed by atoms with Gasteiger partial charge in [-0.1, -0.05) is 39.7 Å². The van der Waals surface area contributed by atoms with Gasteiger partial charge in [0.05, 0.1) is 11.6 Å². The molecule has 0 aliphatic heterocycles. The first-order chi connectivity index (χ1) is 9.97. The van der Waals surface area contributed by atoms with Gasteiger partial charge in [-0.05, 0) is 35.9 Å². The molecule has 0 atom stereocenters. The average molecular weight is 371 g/mol. The van der Waals surface area contributed by atoms with Crippen molar-refractivity contribution in [3.63, 3.8) is 0 Å². The molecular weight excluding hydrogens is 361 g/mol. The second-order valence-corrected chi connectivity index (χ2v) is 5.55. The normalized spacial score (nSPS) is 11.5. The van der Waals surface area contributed by atoms with Crippen molar-refractivity contribution in [3.8, 4) is 0 Å². The lowest BCUT2D eigenvalue weighted by molar-refractivity contribution is -0.129. The molecule has 0 saturated carbocycles. The molecule has 0 aliphatic rings. The fraction of sp³-hybridized carbons (Fsp3) is 0.0667. The number of aliphatic imine (C=N–C) groups is 1. The summed E-state index contributed by atoms with van der Waals surface area (Å²) < 4.78 is 14.1. The summed E-state index contributed by atoms with van der Waals surface area (Å²) in [6.45, 7) is 0.212. The van der Waals surface area contributed by atoms with Crippen LogP contribution in [0.2, 0.25) is 5.02 Å². The summed E-state index contributed by atoms with van der Waals surface area (Å²) in [5, 5.41) is 9.10. The summed E-state index contributed by atoms with van der Waals surface area (Å²) in [6.07, 6.45) is 0. The van der Waals surface area contributed by atoms with Crippen molar-refractivity contribution >= 4 is 39.2 Å². The van der Waals surface area contributed by atoms with Crippen molar-refractivity contribution in [1.29, 1.82) is 0 Å². The Morgan fingerprint density at radius 2 is 1.90 bits per heavy atom. The fourth-order valence-electron chi connectivity index (χ4n) is 1.69. The van der Waals surface area contributed by atoms with Crippen LogP contribution in [0, 0.1) is 5.82 Å². The van der Waals surface area contributed by atoms with Crippen molar-refractivity contribution in [2.45, 2.75) is 6.54 Å². The second-order valence-electron chi connectivity index (χ2n) is 4.23. The molecule has 2 aromatic carbocycles. The van der Waals surface area contributed by atoms with Gasteiger partial charge in [0.1, 0.15) is 5.82 Å². The third-order valence-electron chi connectivity index (χ3n) is 2.73. The van der Waals surface area contributed by atoms with E-state index < -0.39 is 11.8 Å². The zero-order valence-corrected chi connectivity index (χ0v) is 13.0. The van der Waals surface area contributed by atoms with Crippen LogP contribution in [0.4, 0.5) is 4.39 Å². The van der Waals surface area contributed by atoms with Crippen molar-refractivity contribution in [3.05, 3.63) is 68.9 Å². The lowest BCUT2D eigenvalue weighted by Crippen LogP contribution is -2.15. The monoisotopic (exact) mass is 369 g/mol. The molecule has 6 heteroatoms. The number of carboxylic acid groups (broad SMARTS) is 1. The van der Waals surface area contributed by atoms with Gasteiger partial charge in [-0.15, -0.1) is 0 Å². The van der Waals surface area contributed by atoms with E-state index in [1.165, 1.54) is 12.1 Å². The lowest BCUT2D eigenvalue weighted by atomic mass is 10.1. The van der Waals surface area contributed by atoms with E-state index in [4.69, 9.17) is 11.6 Å². The number of carboxylic acids is 1. The molecule has 0 aliphatic carbocycles. The molecule has 1 N–H and O–H groups in total. The van der Waals surface area contributed by atoms with Crippen molar-refractivity contribution in [2.24, 2.45) is 4.99 Å². The second kappa shape index (κ2) is 6.83. The van der Waals surface area contributed by atoms with Crippen molar-refractivity contribution < 1.29 is 14.3 Å². The number of hydrogen-bond donors (Lipinski definition) is 1. The minimum absolute atomic E-state index is 0.134. The topological polar surface area (TPSA) is 49.7 Å². The Labute approximate surface area is 134 Å². The Hall–Kier alpha value is -1.72. The van der Waals surface area contributed by atoms with Gasteiger partial charge in [0.25, 0.3) is 0 Å². The highest BCUT2D eigenvalue weighted by molar-refractivity contribution is 9.10. The molecule has 3 nitrogen and oxygen atoms in total. The van der Waals surface area contributed by atoms with Crippen LogP contribution in [0.1, 0.15) is 11.1 Å². The Kier molecular flexibility index (Phi) is 5.09. The van der Waals surface area contributed by atoms with E-state index in [0.717, 1.165) is 16.1 Å². The minimum Gasteiger partial charge on any atom is -0.477 e. The number of benzene rings is 2. The van der Waals surface area contributed by atoms with Gasteiger partial charge in [-0.3, -0.25) is 4.99 Å². The molecule has 0 saturated heterocycles. The quantitative estimate of drug-likeness (QED) is 0.815. The Bertz CT molecular complexity index is 701. The van der Waals surface area contributed by atoms with Gasteiger partial charge < -0.3 is 5.11 Å². The minimum atomic E-state index is -1.19. The third kappa shape index (κ3) is 4.12. The first kappa shape index (κ1) is 15.7. The summed E-state index contributed by atoms with van der Waals surface area (Å²) in [5.74, 6) is -1.78. The molecule has 0 amide bonds. The molecular formula is C15H10BrClFNO2. The smallest absolute Gasteiger partial charge is 0.354 e. The molecule has 0 unspecified atom stereocenters. The van der Waals surface area contributed by atoms with Gasteiger partial charge in [0.2, 0.25) is 0 Å². The molecule has 0 spiro atoms. The van der Waals surface area contributed by atoms with Crippen LogP contribution in [0.3, 0.4) is 0 Å². The maximum Gasteiger partial charge on any atom is 0.354 e. The number of nitrogens with zero attached hydrogens (tertiary/aromatic N) is 1. The number of carbonyl (C=O) groups is 1. The number of aliphatic carboxylic acids is 1. The van der Waals surface area contributed by atoms with E-state index in [1.807, 2.05) is 24.3 Å². The van der Waals surface area contributed by atoms with E-state index in [1.54, 1.807) is 0 Å². The van der Waals surface area contributed by atoms with Gasteiger partial charge >= 0.3 is 5.97 Å². The zero-order chi connectivity index (χ0) is 15.4. The Morgan fingerprint density at radius 1 is 1.24 bits per heavy atom. The molecule has 0 fully saturated rings. The molecule has 21 heavy (non-hydrogen) atoms. The number of halogens is 3. The van der Waals surface area contributed by atoms with Gasteiger partial charge in [0.15, 0.2) is 5.71 Å². The molecule has 0 heterocycles. The molecule has 2 aromatic rings. The maximum absolute atomic E-state index is 13.1. The predicted molar refractivity (Wildman–Crippen MR) is 83.4 cm³/mol. The van der Waals surface area contributed by atoms with E-state index >= 15 is 0 Å². The third-order valence-corrected chi connectivity index (χ3v) is 3.55. The van der Waals surface area contributed by atoms with Gasteiger partial charge in [-0.25, -0.2) is 9.18 Å². The van der Waals surface area contributed by atoms with Crippen LogP contribution in [0.25, 0.3) is 0 Å². The molecule has 0 bridgehead atoms. The predicted octanol–water partition coefficient (Wildman–Crippen LogP) is 4.32. The summed E-state index contributed by atoms with van der Waals surface area (Å²) in [4.78, 5) is 15.4. The molecule has 0 aromatic heterocycles. The number of rotatable bonds is 4. The van der Waals surface area contributed by atoms with E-state index in [-0.39, 0.29) is 22.8 Å². The SMILES string of the molecule is O=C(O)C(=NCc1ccc(Br)cc1)c1ccc(F)c(Cl)c1. The lowest BCUT2D eigenvalue weighted by Gasteiger charge is -2.04. The fourth-order valence-corrected chi connectivity index (χ4v) is 2.13. The highest BCUT2D eigenvalue weighted by atomic mass is 79.9. The number of hydrogen-bond acceptors (Lipinski definition) is 2. The van der Waals surface area contributed by atoms with Gasteiger partial charge in [-0.2, -0.15) is 0 Å². The molecule has 0 radical (unpaired) electrons. The Balaban J connectivity index is 2.29. The summed E-state index contributed by atoms with van der Waals surface area (Å²) >= 11 is 8.99. The van der Waals surface area contributed by atoms with Crippen LogP contribution >= 0.6 is 27.5 Å². The van der Waals surface area contributed by atoms with E-state index in [9.17, 15) is 14.3 Å². The van der Waals surface area contributed by atoms with Crippen molar-refractivity contribution in [1.82, 2.24) is 0 Å². The largest absolute Gasteiger partial charge is 0.477 e. The van der Waals surface area contributed by atoms with Crippen LogP contribution in [0.15, 0.2) is 51.9 Å². The summed E-state index contributed by atoms with van der Waals surface area (Å²) in [6, 6.07) is 11.1. The van der Waals surface area contributed by atoms with Crippen molar-refractivity contribution in [2.75, 3.05) is 0 Å². The standard InChI is InChI=1S/C15H10BrClFNO2/c16-11-4-1-9(2-5-11)8-19-14(15(20)21)10-3-6-13(18)12(17)7-10/h1-7H,8H2,(H,20,21). The van der Waals surface area contributed by atoms with E-state index in [2.05, 4.69) is 20.9 Å². The summed E-state index contributed by atoms with van der Waals surface area (Å²) in [7, 11) is 0. The van der Waals surface area contributed by atoms with Crippen LogP contribution in [0.5, 0.6) is 0 Å². The highest BCUT2D eigenvalue weighted by Crippen LogP contribution is 2.17. The maximum atomic E-state index is 13.1. The first-order valence-corrected chi connectivity index (χ1v) is 7.12. The Morgan fingerprint density at radius 3 is 2.48 bits per heavy atom. The average Bonchev–Trinajstić information content (AvgIpc) is 2.44. The first-order valence-electron chi connectivity index (χ1n) is 5.95. The highest BCUT2D eigenvalue weighted by Gasteiger charge is 2.14. The van der Waals surface area contributed by atoms with Gasteiger partial charge in [0, 0.05) is 10.0 Å². The van der Waals surface area contributed by atoms with Crippen LogP contribution < -0.4 is 0 Å². The van der Waals surface area contributed by atoms with Crippen LogP contribution in [-0.4, -0.2) is 16.8 Å². The van der Waals surface area contributed by atoms with Crippen LogP contribution in [-0.2, 0) is 11.3 Å². The van der Waals surface area contributed by atoms with E-state index in [0.29, 0.717) is 0 Å².